The summed E-state index contributed by atoms with van der Waals surface area (Å²) >= 11 is 0. The Kier molecular flexibility index (Phi) is 4.96. The molecule has 0 spiro atoms. The van der Waals surface area contributed by atoms with Crippen molar-refractivity contribution < 1.29 is 29.7 Å². The zero-order valence-electron chi connectivity index (χ0n) is 14.8. The summed E-state index contributed by atoms with van der Waals surface area (Å²) < 4.78 is 0. The Hall–Kier alpha value is -3.93. The van der Waals surface area contributed by atoms with Crippen LogP contribution in [0.5, 0.6) is 5.75 Å². The number of carboxylic acid groups (broad SMARTS) is 2. The second kappa shape index (κ2) is 7.36. The molecule has 0 atom stereocenters. The molecule has 0 heterocycles. The van der Waals surface area contributed by atoms with Crippen LogP contribution in [-0.4, -0.2) is 33.0 Å². The standard InChI is InChI=1S/C22H16O6/c1-12-2-3-14(10-17(12)21(25)26)20(13-4-7-16(23)8-5-13)15-6-9-19(24)18(11-15)22(27)28/h2-11,24H,1H3,(H,25,26)(H,27,28). The summed E-state index contributed by atoms with van der Waals surface area (Å²) in [5, 5.41) is 28.6. The zero-order chi connectivity index (χ0) is 20.4. The number of carboxylic acids is 2. The number of phenols is 1. The van der Waals surface area contributed by atoms with Crippen molar-refractivity contribution in [1.29, 1.82) is 0 Å². The molecule has 1 aliphatic rings. The first-order valence-corrected chi connectivity index (χ1v) is 8.33. The quantitative estimate of drug-likeness (QED) is 0.752. The van der Waals surface area contributed by atoms with Crippen molar-refractivity contribution in [3.8, 4) is 5.75 Å². The lowest BCUT2D eigenvalue weighted by molar-refractivity contribution is -0.110. The van der Waals surface area contributed by atoms with E-state index in [9.17, 15) is 29.7 Å². The van der Waals surface area contributed by atoms with Gasteiger partial charge in [-0.15, -0.1) is 0 Å². The van der Waals surface area contributed by atoms with Gasteiger partial charge in [0.05, 0.1) is 5.56 Å². The first-order chi connectivity index (χ1) is 13.3. The lowest BCUT2D eigenvalue weighted by Crippen LogP contribution is -2.04. The highest BCUT2D eigenvalue weighted by atomic mass is 16.4. The van der Waals surface area contributed by atoms with Crippen LogP contribution in [0.4, 0.5) is 0 Å². The molecule has 0 radical (unpaired) electrons. The molecule has 2 aromatic carbocycles. The average Bonchev–Trinajstić information content (AvgIpc) is 2.65. The lowest BCUT2D eigenvalue weighted by Gasteiger charge is -2.15. The van der Waals surface area contributed by atoms with Gasteiger partial charge in [-0.2, -0.15) is 0 Å². The number of ketones is 1. The number of rotatable bonds is 4. The zero-order valence-corrected chi connectivity index (χ0v) is 14.8. The molecule has 6 heteroatoms. The highest BCUT2D eigenvalue weighted by molar-refractivity contribution is 6.03. The summed E-state index contributed by atoms with van der Waals surface area (Å²) in [7, 11) is 0. The van der Waals surface area contributed by atoms with Gasteiger partial charge in [-0.05, 0) is 65.1 Å². The van der Waals surface area contributed by atoms with Crippen molar-refractivity contribution in [2.75, 3.05) is 0 Å². The molecule has 2 aromatic rings. The second-order valence-electron chi connectivity index (χ2n) is 6.27. The van der Waals surface area contributed by atoms with Crippen molar-refractivity contribution in [1.82, 2.24) is 0 Å². The van der Waals surface area contributed by atoms with Gasteiger partial charge in [-0.25, -0.2) is 9.59 Å². The lowest BCUT2D eigenvalue weighted by atomic mass is 9.88. The van der Waals surface area contributed by atoms with Gasteiger partial charge in [-0.1, -0.05) is 30.4 Å². The van der Waals surface area contributed by atoms with Crippen LogP contribution in [0.25, 0.3) is 5.57 Å². The number of carbonyl (C=O) groups excluding carboxylic acids is 1. The van der Waals surface area contributed by atoms with Crippen molar-refractivity contribution in [2.24, 2.45) is 0 Å². The summed E-state index contributed by atoms with van der Waals surface area (Å²) in [6.07, 6.45) is 5.93. The molecule has 0 fully saturated rings. The number of benzene rings is 2. The Morgan fingerprint density at radius 3 is 1.89 bits per heavy atom. The van der Waals surface area contributed by atoms with E-state index in [-0.39, 0.29) is 22.7 Å². The Morgan fingerprint density at radius 1 is 0.786 bits per heavy atom. The van der Waals surface area contributed by atoms with E-state index in [4.69, 9.17) is 0 Å². The van der Waals surface area contributed by atoms with Crippen LogP contribution in [0.2, 0.25) is 0 Å². The second-order valence-corrected chi connectivity index (χ2v) is 6.27. The molecule has 0 saturated carbocycles. The first-order valence-electron chi connectivity index (χ1n) is 8.33. The van der Waals surface area contributed by atoms with Gasteiger partial charge < -0.3 is 15.3 Å². The molecule has 3 N–H and O–H groups in total. The van der Waals surface area contributed by atoms with Crippen molar-refractivity contribution in [3.63, 3.8) is 0 Å². The number of aromatic hydroxyl groups is 1. The minimum absolute atomic E-state index is 0.118. The Labute approximate surface area is 160 Å². The fourth-order valence-electron chi connectivity index (χ4n) is 2.99. The van der Waals surface area contributed by atoms with E-state index in [0.717, 1.165) is 0 Å². The molecule has 0 saturated heterocycles. The molecule has 0 unspecified atom stereocenters. The van der Waals surface area contributed by atoms with Crippen LogP contribution in [0.3, 0.4) is 0 Å². The van der Waals surface area contributed by atoms with E-state index < -0.39 is 11.9 Å². The van der Waals surface area contributed by atoms with E-state index >= 15 is 0 Å². The van der Waals surface area contributed by atoms with Gasteiger partial charge in [0.25, 0.3) is 0 Å². The van der Waals surface area contributed by atoms with E-state index in [1.54, 1.807) is 37.3 Å². The Bertz CT molecular complexity index is 1020. The predicted molar refractivity (Wildman–Crippen MR) is 103 cm³/mol. The van der Waals surface area contributed by atoms with E-state index in [0.29, 0.717) is 27.8 Å². The van der Waals surface area contributed by atoms with Gasteiger partial charge in [-0.3, -0.25) is 4.79 Å². The molecule has 3 rings (SSSR count). The molecule has 0 aliphatic heterocycles. The third-order valence-electron chi connectivity index (χ3n) is 4.42. The monoisotopic (exact) mass is 376 g/mol. The predicted octanol–water partition coefficient (Wildman–Crippen LogP) is 3.59. The molecule has 140 valence electrons. The van der Waals surface area contributed by atoms with Crippen LogP contribution in [0, 0.1) is 6.92 Å². The fraction of sp³-hybridized carbons (Fsp3) is 0.0455. The Balaban J connectivity index is 2.30. The van der Waals surface area contributed by atoms with E-state index in [1.165, 1.54) is 30.4 Å². The maximum atomic E-state index is 11.5. The van der Waals surface area contributed by atoms with E-state index in [1.807, 2.05) is 0 Å². The normalized spacial score (nSPS) is 12.9. The molecule has 0 aromatic heterocycles. The summed E-state index contributed by atoms with van der Waals surface area (Å²) in [6, 6.07) is 9.04. The molecule has 1 aliphatic carbocycles. The summed E-state index contributed by atoms with van der Waals surface area (Å²) in [6.45, 7) is 1.68. The Morgan fingerprint density at radius 2 is 1.32 bits per heavy atom. The molecular weight excluding hydrogens is 360 g/mol. The summed E-state index contributed by atoms with van der Waals surface area (Å²) in [5.41, 5.74) is 2.60. The summed E-state index contributed by atoms with van der Waals surface area (Å²) in [5.74, 6) is -2.93. The van der Waals surface area contributed by atoms with Gasteiger partial charge in [0.15, 0.2) is 5.78 Å². The van der Waals surface area contributed by atoms with Crippen LogP contribution < -0.4 is 0 Å². The molecule has 28 heavy (non-hydrogen) atoms. The minimum atomic E-state index is -1.29. The highest BCUT2D eigenvalue weighted by Crippen LogP contribution is 2.33. The summed E-state index contributed by atoms with van der Waals surface area (Å²) in [4.78, 5) is 34.5. The highest BCUT2D eigenvalue weighted by Gasteiger charge is 2.18. The number of hydrogen-bond acceptors (Lipinski definition) is 4. The van der Waals surface area contributed by atoms with Crippen molar-refractivity contribution in [2.45, 2.75) is 6.92 Å². The number of carbonyl (C=O) groups is 3. The fourth-order valence-corrected chi connectivity index (χ4v) is 2.99. The minimum Gasteiger partial charge on any atom is -0.507 e. The molecule has 0 amide bonds. The average molecular weight is 376 g/mol. The van der Waals surface area contributed by atoms with Crippen LogP contribution in [-0.2, 0) is 4.79 Å². The van der Waals surface area contributed by atoms with Crippen molar-refractivity contribution >= 4 is 23.3 Å². The number of allylic oxidation sites excluding steroid dienone is 5. The molecular formula is C22H16O6. The number of aryl methyl sites for hydroxylation is 1. The number of hydrogen-bond donors (Lipinski definition) is 3. The molecule has 6 nitrogen and oxygen atoms in total. The third kappa shape index (κ3) is 3.61. The largest absolute Gasteiger partial charge is 0.507 e. The maximum Gasteiger partial charge on any atom is 0.339 e. The van der Waals surface area contributed by atoms with Gasteiger partial charge in [0, 0.05) is 0 Å². The van der Waals surface area contributed by atoms with Crippen LogP contribution in [0.1, 0.15) is 37.4 Å². The van der Waals surface area contributed by atoms with Gasteiger partial charge in [0.1, 0.15) is 11.3 Å². The first kappa shape index (κ1) is 18.8. The van der Waals surface area contributed by atoms with E-state index in [2.05, 4.69) is 0 Å². The topological polar surface area (TPSA) is 112 Å². The number of aromatic carboxylic acids is 2. The van der Waals surface area contributed by atoms with Crippen LogP contribution >= 0.6 is 0 Å². The molecule has 0 bridgehead atoms. The SMILES string of the molecule is Cc1ccc(C(=C2C=CC(=O)C=C2)c2ccc(O)c(C(=O)O)c2)cc1C(=O)O. The smallest absolute Gasteiger partial charge is 0.339 e. The maximum absolute atomic E-state index is 11.5. The van der Waals surface area contributed by atoms with Gasteiger partial charge in [0.2, 0.25) is 0 Å². The third-order valence-corrected chi connectivity index (χ3v) is 4.42. The van der Waals surface area contributed by atoms with Crippen LogP contribution in [0.15, 0.2) is 66.3 Å². The van der Waals surface area contributed by atoms with Gasteiger partial charge >= 0.3 is 11.9 Å². The van der Waals surface area contributed by atoms with Crippen molar-refractivity contribution in [3.05, 3.63) is 94.1 Å².